The van der Waals surface area contributed by atoms with Crippen LogP contribution in [0.3, 0.4) is 0 Å². The van der Waals surface area contributed by atoms with Gasteiger partial charge in [-0.05, 0) is 17.7 Å². The Hall–Kier alpha value is -5.32. The molecule has 38 heavy (non-hydrogen) atoms. The first-order chi connectivity index (χ1) is 18.6. The van der Waals surface area contributed by atoms with Gasteiger partial charge in [-0.25, -0.2) is 9.97 Å². The van der Waals surface area contributed by atoms with Crippen LogP contribution in [0.5, 0.6) is 23.0 Å². The summed E-state index contributed by atoms with van der Waals surface area (Å²) in [6.07, 6.45) is 1.39. The lowest BCUT2D eigenvalue weighted by atomic mass is 10.0. The number of hydrogen-bond donors (Lipinski definition) is 4. The predicted molar refractivity (Wildman–Crippen MR) is 144 cm³/mol. The number of rotatable bonds is 9. The van der Waals surface area contributed by atoms with Crippen LogP contribution in [0.4, 0.5) is 23.4 Å². The number of hydrogen-bond acceptors (Lipinski definition) is 10. The van der Waals surface area contributed by atoms with Gasteiger partial charge in [0.15, 0.2) is 17.3 Å². The summed E-state index contributed by atoms with van der Waals surface area (Å²) in [6.45, 7) is 0. The number of benzene rings is 3. The number of methoxy groups -OCH3 is 3. The minimum absolute atomic E-state index is 0.174. The standard InChI is InChI=1S/C27H25N7O4/c1-36-20-13-18(14-21(37-2)24(20)38-3)30-26-28-15-29-27(32-26)31-25-22(16-9-11-19(35)12-10-16)23(33-34-25)17-7-5-4-6-8-17/h4-15,35H,1-3H3,(H3,28,29,30,31,32,33,34). The highest BCUT2D eigenvalue weighted by Gasteiger charge is 2.19. The van der Waals surface area contributed by atoms with E-state index in [4.69, 9.17) is 14.2 Å². The molecule has 0 atom stereocenters. The maximum Gasteiger partial charge on any atom is 0.233 e. The highest BCUT2D eigenvalue weighted by Crippen LogP contribution is 2.41. The summed E-state index contributed by atoms with van der Waals surface area (Å²) >= 11 is 0. The third-order valence-corrected chi connectivity index (χ3v) is 5.71. The van der Waals surface area contributed by atoms with Crippen LogP contribution in [-0.4, -0.2) is 51.6 Å². The molecule has 0 saturated carbocycles. The molecule has 192 valence electrons. The molecule has 0 aliphatic rings. The SMILES string of the molecule is COc1cc(Nc2ncnc(Nc3n[nH]c(-c4ccccc4)c3-c3ccc(O)cc3)n2)cc(OC)c1OC. The molecule has 0 radical (unpaired) electrons. The zero-order valence-corrected chi connectivity index (χ0v) is 20.9. The lowest BCUT2D eigenvalue weighted by Gasteiger charge is -2.14. The van der Waals surface area contributed by atoms with Crippen molar-refractivity contribution in [3.8, 4) is 45.4 Å². The van der Waals surface area contributed by atoms with Crippen LogP contribution in [-0.2, 0) is 0 Å². The van der Waals surface area contributed by atoms with Gasteiger partial charge in [0.2, 0.25) is 17.6 Å². The normalized spacial score (nSPS) is 10.6. The van der Waals surface area contributed by atoms with Gasteiger partial charge in [0.25, 0.3) is 0 Å². The van der Waals surface area contributed by atoms with Crippen molar-refractivity contribution in [3.05, 3.63) is 73.1 Å². The topological polar surface area (TPSA) is 139 Å². The van der Waals surface area contributed by atoms with E-state index < -0.39 is 0 Å². The van der Waals surface area contributed by atoms with E-state index >= 15 is 0 Å². The Bertz CT molecular complexity index is 1510. The summed E-state index contributed by atoms with van der Waals surface area (Å²) in [4.78, 5) is 13.0. The Morgan fingerprint density at radius 2 is 1.42 bits per heavy atom. The summed E-state index contributed by atoms with van der Waals surface area (Å²) in [5.74, 6) is 2.72. The summed E-state index contributed by atoms with van der Waals surface area (Å²) in [5, 5.41) is 23.7. The number of aromatic amines is 1. The Balaban J connectivity index is 1.47. The van der Waals surface area contributed by atoms with Gasteiger partial charge in [0, 0.05) is 23.4 Å². The molecular formula is C27H25N7O4. The molecule has 0 amide bonds. The molecule has 3 aromatic carbocycles. The lowest BCUT2D eigenvalue weighted by Crippen LogP contribution is -2.04. The number of aromatic hydroxyl groups is 1. The zero-order chi connectivity index (χ0) is 26.5. The summed E-state index contributed by atoms with van der Waals surface area (Å²) < 4.78 is 16.2. The zero-order valence-electron chi connectivity index (χ0n) is 20.9. The van der Waals surface area contributed by atoms with E-state index in [0.717, 1.165) is 22.4 Å². The lowest BCUT2D eigenvalue weighted by molar-refractivity contribution is 0.324. The molecule has 4 N–H and O–H groups in total. The van der Waals surface area contributed by atoms with Crippen LogP contribution in [0.1, 0.15) is 0 Å². The van der Waals surface area contributed by atoms with E-state index in [1.54, 1.807) is 45.6 Å². The molecule has 5 aromatic rings. The quantitative estimate of drug-likeness (QED) is 0.210. The maximum atomic E-state index is 9.80. The first-order valence-corrected chi connectivity index (χ1v) is 11.6. The van der Waals surface area contributed by atoms with E-state index in [2.05, 4.69) is 35.8 Å². The van der Waals surface area contributed by atoms with Gasteiger partial charge in [-0.15, -0.1) is 0 Å². The summed E-state index contributed by atoms with van der Waals surface area (Å²) in [6, 6.07) is 20.2. The van der Waals surface area contributed by atoms with E-state index in [1.165, 1.54) is 6.33 Å². The van der Waals surface area contributed by atoms with Crippen molar-refractivity contribution < 1.29 is 19.3 Å². The van der Waals surface area contributed by atoms with Crippen molar-refractivity contribution in [2.24, 2.45) is 0 Å². The third kappa shape index (κ3) is 4.98. The third-order valence-electron chi connectivity index (χ3n) is 5.71. The van der Waals surface area contributed by atoms with Gasteiger partial charge < -0.3 is 30.0 Å². The van der Waals surface area contributed by atoms with Crippen molar-refractivity contribution >= 4 is 23.4 Å². The monoisotopic (exact) mass is 511 g/mol. The predicted octanol–water partition coefficient (Wildman–Crippen LogP) is 5.15. The Morgan fingerprint density at radius 3 is 2.05 bits per heavy atom. The number of aromatic nitrogens is 5. The van der Waals surface area contributed by atoms with E-state index in [-0.39, 0.29) is 11.7 Å². The number of nitrogens with zero attached hydrogens (tertiary/aromatic N) is 4. The molecule has 0 spiro atoms. The van der Waals surface area contributed by atoms with Gasteiger partial charge in [0.05, 0.1) is 32.6 Å². The Morgan fingerprint density at radius 1 is 0.763 bits per heavy atom. The molecule has 0 unspecified atom stereocenters. The minimum atomic E-state index is 0.174. The first kappa shape index (κ1) is 24.4. The number of nitrogens with one attached hydrogen (secondary N) is 3. The van der Waals surface area contributed by atoms with Gasteiger partial charge in [-0.3, -0.25) is 5.10 Å². The summed E-state index contributed by atoms with van der Waals surface area (Å²) in [5.41, 5.74) is 4.05. The highest BCUT2D eigenvalue weighted by molar-refractivity contribution is 5.89. The van der Waals surface area contributed by atoms with Crippen LogP contribution in [0.25, 0.3) is 22.4 Å². The average Bonchev–Trinajstić information content (AvgIpc) is 3.36. The maximum absolute atomic E-state index is 9.80. The van der Waals surface area contributed by atoms with E-state index in [1.807, 2.05) is 42.5 Å². The fraction of sp³-hybridized carbons (Fsp3) is 0.111. The molecule has 11 heteroatoms. The van der Waals surface area contributed by atoms with Crippen LogP contribution in [0, 0.1) is 0 Å². The van der Waals surface area contributed by atoms with E-state index in [9.17, 15) is 5.11 Å². The second-order valence-corrected chi connectivity index (χ2v) is 8.03. The first-order valence-electron chi connectivity index (χ1n) is 11.6. The van der Waals surface area contributed by atoms with Gasteiger partial charge in [0.1, 0.15) is 12.1 Å². The smallest absolute Gasteiger partial charge is 0.233 e. The second kappa shape index (κ2) is 10.7. The fourth-order valence-corrected chi connectivity index (χ4v) is 3.96. The molecule has 0 bridgehead atoms. The molecule has 2 aromatic heterocycles. The number of phenolic OH excluding ortho intramolecular Hbond substituents is 1. The Labute approximate surface area is 218 Å². The van der Waals surface area contributed by atoms with Crippen molar-refractivity contribution in [1.82, 2.24) is 25.1 Å². The van der Waals surface area contributed by atoms with Crippen LogP contribution < -0.4 is 24.8 Å². The number of H-pyrrole nitrogens is 1. The van der Waals surface area contributed by atoms with Crippen molar-refractivity contribution in [2.75, 3.05) is 32.0 Å². The van der Waals surface area contributed by atoms with Crippen molar-refractivity contribution in [3.63, 3.8) is 0 Å². The second-order valence-electron chi connectivity index (χ2n) is 8.03. The van der Waals surface area contributed by atoms with E-state index in [0.29, 0.717) is 34.7 Å². The van der Waals surface area contributed by atoms with Crippen molar-refractivity contribution in [2.45, 2.75) is 0 Å². The summed E-state index contributed by atoms with van der Waals surface area (Å²) in [7, 11) is 4.64. The van der Waals surface area contributed by atoms with Crippen LogP contribution in [0.2, 0.25) is 0 Å². The molecule has 11 nitrogen and oxygen atoms in total. The minimum Gasteiger partial charge on any atom is -0.508 e. The largest absolute Gasteiger partial charge is 0.508 e. The van der Waals surface area contributed by atoms with Gasteiger partial charge in [-0.1, -0.05) is 42.5 Å². The van der Waals surface area contributed by atoms with Crippen LogP contribution >= 0.6 is 0 Å². The number of phenols is 1. The Kier molecular flexibility index (Phi) is 6.89. The van der Waals surface area contributed by atoms with Crippen LogP contribution in [0.15, 0.2) is 73.1 Å². The molecular weight excluding hydrogens is 486 g/mol. The number of ether oxygens (including phenoxy) is 3. The highest BCUT2D eigenvalue weighted by atomic mass is 16.5. The molecule has 0 aliphatic carbocycles. The molecule has 2 heterocycles. The molecule has 0 aliphatic heterocycles. The average molecular weight is 512 g/mol. The molecule has 5 rings (SSSR count). The van der Waals surface area contributed by atoms with Gasteiger partial charge >= 0.3 is 0 Å². The molecule has 0 saturated heterocycles. The van der Waals surface area contributed by atoms with Crippen molar-refractivity contribution in [1.29, 1.82) is 0 Å². The molecule has 0 fully saturated rings. The fourth-order valence-electron chi connectivity index (χ4n) is 3.96. The van der Waals surface area contributed by atoms with Gasteiger partial charge in [-0.2, -0.15) is 10.1 Å². The number of anilines is 4.